The first kappa shape index (κ1) is 18.0. The van der Waals surface area contributed by atoms with E-state index in [0.29, 0.717) is 31.6 Å². The lowest BCUT2D eigenvalue weighted by atomic mass is 10.1. The summed E-state index contributed by atoms with van der Waals surface area (Å²) in [6, 6.07) is 12.4. The lowest BCUT2D eigenvalue weighted by Gasteiger charge is -2.17. The van der Waals surface area contributed by atoms with E-state index in [0.717, 1.165) is 5.56 Å². The van der Waals surface area contributed by atoms with Crippen molar-refractivity contribution in [1.82, 2.24) is 10.2 Å². The van der Waals surface area contributed by atoms with Crippen molar-refractivity contribution in [1.29, 1.82) is 0 Å². The van der Waals surface area contributed by atoms with Gasteiger partial charge < -0.3 is 10.2 Å². The average Bonchev–Trinajstić information content (AvgIpc) is 3.01. The Kier molecular flexibility index (Phi) is 5.61. The van der Waals surface area contributed by atoms with E-state index in [1.165, 1.54) is 18.2 Å². The van der Waals surface area contributed by atoms with Gasteiger partial charge in [-0.1, -0.05) is 30.3 Å². The van der Waals surface area contributed by atoms with E-state index in [1.807, 2.05) is 0 Å². The Bertz CT molecular complexity index is 793. The highest BCUT2D eigenvalue weighted by atomic mass is 19.1. The summed E-state index contributed by atoms with van der Waals surface area (Å²) in [5, 5.41) is 2.78. The fraction of sp³-hybridized carbons (Fsp3) is 0.300. The minimum atomic E-state index is -0.413. The summed E-state index contributed by atoms with van der Waals surface area (Å²) in [6.45, 7) is 1.02. The molecule has 26 heavy (non-hydrogen) atoms. The van der Waals surface area contributed by atoms with Crippen molar-refractivity contribution in [2.75, 3.05) is 13.1 Å². The molecule has 1 atom stereocenters. The number of hydrogen-bond acceptors (Lipinski definition) is 2. The predicted molar refractivity (Wildman–Crippen MR) is 93.0 cm³/mol. The van der Waals surface area contributed by atoms with Crippen molar-refractivity contribution >= 4 is 11.8 Å². The molecule has 0 saturated carbocycles. The van der Waals surface area contributed by atoms with E-state index in [-0.39, 0.29) is 29.9 Å². The molecule has 1 aliphatic heterocycles. The van der Waals surface area contributed by atoms with Gasteiger partial charge in [-0.3, -0.25) is 9.59 Å². The van der Waals surface area contributed by atoms with Gasteiger partial charge in [0.2, 0.25) is 11.8 Å². The molecular formula is C20H20F2N2O2. The number of amides is 2. The Labute approximate surface area is 150 Å². The molecule has 136 valence electrons. The Morgan fingerprint density at radius 3 is 2.58 bits per heavy atom. The number of rotatable bonds is 6. The van der Waals surface area contributed by atoms with Gasteiger partial charge >= 0.3 is 0 Å². The third kappa shape index (κ3) is 4.45. The van der Waals surface area contributed by atoms with Crippen molar-refractivity contribution in [3.05, 3.63) is 71.3 Å². The maximum absolute atomic E-state index is 13.7. The minimum Gasteiger partial charge on any atom is -0.352 e. The van der Waals surface area contributed by atoms with Gasteiger partial charge in [-0.2, -0.15) is 0 Å². The van der Waals surface area contributed by atoms with Crippen LogP contribution in [0, 0.1) is 17.6 Å². The van der Waals surface area contributed by atoms with Crippen LogP contribution in [0.4, 0.5) is 8.78 Å². The van der Waals surface area contributed by atoms with E-state index in [2.05, 4.69) is 5.32 Å². The largest absolute Gasteiger partial charge is 0.352 e. The quantitative estimate of drug-likeness (QED) is 0.863. The van der Waals surface area contributed by atoms with E-state index >= 15 is 0 Å². The summed E-state index contributed by atoms with van der Waals surface area (Å²) >= 11 is 0. The second-order valence-electron chi connectivity index (χ2n) is 6.43. The Morgan fingerprint density at radius 1 is 1.12 bits per heavy atom. The van der Waals surface area contributed by atoms with E-state index in [4.69, 9.17) is 0 Å². The molecule has 0 radical (unpaired) electrons. The monoisotopic (exact) mass is 358 g/mol. The smallest absolute Gasteiger partial charge is 0.225 e. The number of benzene rings is 2. The molecule has 0 aliphatic carbocycles. The van der Waals surface area contributed by atoms with Gasteiger partial charge in [0.25, 0.3) is 0 Å². The highest BCUT2D eigenvalue weighted by molar-refractivity contribution is 5.89. The summed E-state index contributed by atoms with van der Waals surface area (Å²) in [4.78, 5) is 26.0. The fourth-order valence-electron chi connectivity index (χ4n) is 3.06. The average molecular weight is 358 g/mol. The van der Waals surface area contributed by atoms with Crippen LogP contribution < -0.4 is 5.32 Å². The van der Waals surface area contributed by atoms with E-state index in [1.54, 1.807) is 35.2 Å². The van der Waals surface area contributed by atoms with E-state index in [9.17, 15) is 18.4 Å². The number of halogens is 2. The predicted octanol–water partition coefficient (Wildman–Crippen LogP) is 2.67. The summed E-state index contributed by atoms with van der Waals surface area (Å²) in [5.41, 5.74) is 1.35. The van der Waals surface area contributed by atoms with Crippen molar-refractivity contribution in [3.63, 3.8) is 0 Å². The number of carbonyl (C=O) groups is 2. The van der Waals surface area contributed by atoms with Crippen LogP contribution in [0.1, 0.15) is 17.5 Å². The lowest BCUT2D eigenvalue weighted by molar-refractivity contribution is -0.129. The lowest BCUT2D eigenvalue weighted by Crippen LogP contribution is -2.33. The third-order valence-electron chi connectivity index (χ3n) is 4.57. The van der Waals surface area contributed by atoms with Crippen LogP contribution in [0.15, 0.2) is 48.5 Å². The molecule has 0 spiro atoms. The van der Waals surface area contributed by atoms with Gasteiger partial charge in [0, 0.05) is 26.1 Å². The molecular weight excluding hydrogens is 338 g/mol. The molecule has 1 aliphatic rings. The molecule has 2 amide bonds. The Balaban J connectivity index is 1.49. The first-order chi connectivity index (χ1) is 12.5. The molecule has 2 aromatic rings. The first-order valence-electron chi connectivity index (χ1n) is 8.56. The zero-order chi connectivity index (χ0) is 18.5. The zero-order valence-corrected chi connectivity index (χ0v) is 14.3. The standard InChI is InChI=1S/C20H20F2N2O2/c21-17-7-5-14(6-8-17)12-23-20(26)16-11-19(25)24(13-16)10-9-15-3-1-2-4-18(15)22/h1-8,16H,9-13H2,(H,23,26). The van der Waals surface area contributed by atoms with Crippen LogP contribution in [-0.2, 0) is 22.6 Å². The van der Waals surface area contributed by atoms with Crippen molar-refractivity contribution < 1.29 is 18.4 Å². The molecule has 6 heteroatoms. The minimum absolute atomic E-state index is 0.0942. The summed E-state index contributed by atoms with van der Waals surface area (Å²) in [7, 11) is 0. The second kappa shape index (κ2) is 8.08. The number of nitrogens with zero attached hydrogens (tertiary/aromatic N) is 1. The fourth-order valence-corrected chi connectivity index (χ4v) is 3.06. The topological polar surface area (TPSA) is 49.4 Å². The van der Waals surface area contributed by atoms with Crippen molar-refractivity contribution in [2.24, 2.45) is 5.92 Å². The van der Waals surface area contributed by atoms with E-state index < -0.39 is 5.92 Å². The van der Waals surface area contributed by atoms with Gasteiger partial charge in [-0.15, -0.1) is 0 Å². The molecule has 2 aromatic carbocycles. The summed E-state index contributed by atoms with van der Waals surface area (Å²) in [5.74, 6) is -1.32. The molecule has 1 saturated heterocycles. The van der Waals surface area contributed by atoms with Gasteiger partial charge in [0.05, 0.1) is 5.92 Å². The molecule has 3 rings (SSSR count). The normalized spacial score (nSPS) is 16.8. The SMILES string of the molecule is O=C(NCc1ccc(F)cc1)C1CC(=O)N(CCc2ccccc2F)C1. The molecule has 1 fully saturated rings. The van der Waals surface area contributed by atoms with Crippen LogP contribution in [0.25, 0.3) is 0 Å². The number of likely N-dealkylation sites (tertiary alicyclic amines) is 1. The van der Waals surface area contributed by atoms with Crippen molar-refractivity contribution in [2.45, 2.75) is 19.4 Å². The molecule has 1 unspecified atom stereocenters. The zero-order valence-electron chi connectivity index (χ0n) is 14.3. The van der Waals surface area contributed by atoms with Crippen LogP contribution in [0.3, 0.4) is 0 Å². The Hall–Kier alpha value is -2.76. The van der Waals surface area contributed by atoms with Crippen LogP contribution in [-0.4, -0.2) is 29.8 Å². The molecule has 0 aromatic heterocycles. The maximum atomic E-state index is 13.7. The number of carbonyl (C=O) groups excluding carboxylic acids is 2. The van der Waals surface area contributed by atoms with Crippen LogP contribution >= 0.6 is 0 Å². The van der Waals surface area contributed by atoms with Gasteiger partial charge in [-0.05, 0) is 35.7 Å². The number of nitrogens with one attached hydrogen (secondary N) is 1. The summed E-state index contributed by atoms with van der Waals surface area (Å²) in [6.07, 6.45) is 0.578. The van der Waals surface area contributed by atoms with Crippen LogP contribution in [0.5, 0.6) is 0 Å². The molecule has 0 bridgehead atoms. The maximum Gasteiger partial charge on any atom is 0.225 e. The highest BCUT2D eigenvalue weighted by Crippen LogP contribution is 2.19. The Morgan fingerprint density at radius 2 is 1.85 bits per heavy atom. The molecule has 4 nitrogen and oxygen atoms in total. The van der Waals surface area contributed by atoms with Gasteiger partial charge in [-0.25, -0.2) is 8.78 Å². The first-order valence-corrected chi connectivity index (χ1v) is 8.56. The molecule has 1 heterocycles. The van der Waals surface area contributed by atoms with Gasteiger partial charge in [0.1, 0.15) is 11.6 Å². The van der Waals surface area contributed by atoms with Crippen LogP contribution in [0.2, 0.25) is 0 Å². The number of hydrogen-bond donors (Lipinski definition) is 1. The van der Waals surface area contributed by atoms with Gasteiger partial charge in [0.15, 0.2) is 0 Å². The second-order valence-corrected chi connectivity index (χ2v) is 6.43. The third-order valence-corrected chi connectivity index (χ3v) is 4.57. The van der Waals surface area contributed by atoms with Crippen molar-refractivity contribution in [3.8, 4) is 0 Å². The highest BCUT2D eigenvalue weighted by Gasteiger charge is 2.33. The summed E-state index contributed by atoms with van der Waals surface area (Å²) < 4.78 is 26.5. The molecule has 1 N–H and O–H groups in total.